The van der Waals surface area contributed by atoms with Crippen LogP contribution in [0.4, 0.5) is 11.6 Å². The molecule has 2 aliphatic rings. The maximum atomic E-state index is 5.99. The van der Waals surface area contributed by atoms with Gasteiger partial charge in [0.2, 0.25) is 5.95 Å². The Morgan fingerprint density at radius 2 is 1.73 bits per heavy atom. The van der Waals surface area contributed by atoms with Crippen molar-refractivity contribution in [1.82, 2.24) is 24.6 Å². The van der Waals surface area contributed by atoms with Crippen molar-refractivity contribution in [2.24, 2.45) is 0 Å². The standard InChI is InChI=1S/C23H35BrN6O3/c1-16-13-29(14-17(2)33-16)19-5-7-20(8-6-19)30-15-21(22(28-30)32-10-4-9-31-3)27-23-25-11-18(24)12-26-23/h11-12,15-17,19-20H,4-10,13-14H2,1-3H3,(H,25,26,27)/t16-,17+,19-,20-. The highest BCUT2D eigenvalue weighted by atomic mass is 79.9. The summed E-state index contributed by atoms with van der Waals surface area (Å²) in [6, 6.07) is 0.990. The minimum absolute atomic E-state index is 0.310. The number of aromatic nitrogens is 4. The number of hydrogen-bond acceptors (Lipinski definition) is 8. The molecule has 1 aliphatic heterocycles. The quantitative estimate of drug-likeness (QED) is 0.490. The Bertz CT molecular complexity index is 862. The van der Waals surface area contributed by atoms with Crippen LogP contribution in [-0.4, -0.2) is 76.3 Å². The molecule has 0 amide bonds. The normalized spacial score (nSPS) is 26.3. The molecule has 0 unspecified atom stereocenters. The Kier molecular flexibility index (Phi) is 8.56. The maximum Gasteiger partial charge on any atom is 0.256 e. The fourth-order valence-corrected chi connectivity index (χ4v) is 5.03. The number of anilines is 2. The zero-order valence-electron chi connectivity index (χ0n) is 19.7. The van der Waals surface area contributed by atoms with Crippen molar-refractivity contribution in [1.29, 1.82) is 0 Å². The second kappa shape index (κ2) is 11.6. The molecule has 0 aromatic carbocycles. The summed E-state index contributed by atoms with van der Waals surface area (Å²) in [6.45, 7) is 7.61. The van der Waals surface area contributed by atoms with Gasteiger partial charge in [0.15, 0.2) is 0 Å². The second-order valence-electron chi connectivity index (χ2n) is 9.05. The van der Waals surface area contributed by atoms with Crippen LogP contribution >= 0.6 is 15.9 Å². The fraction of sp³-hybridized carbons (Fsp3) is 0.696. The molecule has 2 aromatic rings. The summed E-state index contributed by atoms with van der Waals surface area (Å²) < 4.78 is 19.9. The zero-order valence-corrected chi connectivity index (χ0v) is 21.3. The van der Waals surface area contributed by atoms with Crippen LogP contribution in [0.25, 0.3) is 0 Å². The van der Waals surface area contributed by atoms with Crippen LogP contribution in [0.5, 0.6) is 5.88 Å². The van der Waals surface area contributed by atoms with E-state index in [0.717, 1.165) is 42.5 Å². The fourth-order valence-electron chi connectivity index (χ4n) is 4.83. The molecule has 1 aliphatic carbocycles. The number of rotatable bonds is 9. The highest BCUT2D eigenvalue weighted by molar-refractivity contribution is 9.10. The Hall–Kier alpha value is -1.75. The highest BCUT2D eigenvalue weighted by Crippen LogP contribution is 2.35. The third-order valence-electron chi connectivity index (χ3n) is 6.30. The highest BCUT2D eigenvalue weighted by Gasteiger charge is 2.32. The number of nitrogens with one attached hydrogen (secondary N) is 1. The van der Waals surface area contributed by atoms with Crippen molar-refractivity contribution in [3.8, 4) is 5.88 Å². The average Bonchev–Trinajstić information content (AvgIpc) is 3.20. The maximum absolute atomic E-state index is 5.99. The summed E-state index contributed by atoms with van der Waals surface area (Å²) in [4.78, 5) is 11.3. The molecule has 10 heteroatoms. The summed E-state index contributed by atoms with van der Waals surface area (Å²) in [6.07, 6.45) is 11.4. The molecule has 0 spiro atoms. The van der Waals surface area contributed by atoms with Gasteiger partial charge in [-0.25, -0.2) is 9.97 Å². The van der Waals surface area contributed by atoms with Crippen LogP contribution < -0.4 is 10.1 Å². The van der Waals surface area contributed by atoms with Gasteiger partial charge in [-0.2, -0.15) is 0 Å². The third kappa shape index (κ3) is 6.65. The molecule has 182 valence electrons. The largest absolute Gasteiger partial charge is 0.475 e. The molecule has 2 fully saturated rings. The van der Waals surface area contributed by atoms with E-state index in [1.807, 2.05) is 6.20 Å². The summed E-state index contributed by atoms with van der Waals surface area (Å²) in [5.41, 5.74) is 0.785. The Balaban J connectivity index is 1.41. The van der Waals surface area contributed by atoms with Crippen LogP contribution in [-0.2, 0) is 9.47 Å². The van der Waals surface area contributed by atoms with Crippen LogP contribution in [0, 0.1) is 0 Å². The van der Waals surface area contributed by atoms with Gasteiger partial charge in [-0.1, -0.05) is 0 Å². The van der Waals surface area contributed by atoms with Crippen molar-refractivity contribution in [3.63, 3.8) is 0 Å². The molecule has 2 atom stereocenters. The Morgan fingerprint density at radius 3 is 2.39 bits per heavy atom. The van der Waals surface area contributed by atoms with Gasteiger partial charge < -0.3 is 19.5 Å². The summed E-state index contributed by atoms with van der Waals surface area (Å²) in [7, 11) is 1.70. The summed E-state index contributed by atoms with van der Waals surface area (Å²) in [5.74, 6) is 1.09. The molecule has 1 saturated heterocycles. The predicted molar refractivity (Wildman–Crippen MR) is 130 cm³/mol. The molecule has 1 saturated carbocycles. The monoisotopic (exact) mass is 522 g/mol. The van der Waals surface area contributed by atoms with E-state index in [0.29, 0.717) is 49.3 Å². The minimum Gasteiger partial charge on any atom is -0.475 e. The molecule has 1 N–H and O–H groups in total. The lowest BCUT2D eigenvalue weighted by atomic mass is 9.89. The van der Waals surface area contributed by atoms with Crippen LogP contribution in [0.2, 0.25) is 0 Å². The SMILES string of the molecule is COCCCOc1nn([C@H]2CC[C@H](N3C[C@@H](C)O[C@@H](C)C3)CC2)cc1Nc1ncc(Br)cn1. The smallest absolute Gasteiger partial charge is 0.256 e. The molecular formula is C23H35BrN6O3. The molecule has 33 heavy (non-hydrogen) atoms. The van der Waals surface area contributed by atoms with Crippen molar-refractivity contribution >= 4 is 27.6 Å². The van der Waals surface area contributed by atoms with Gasteiger partial charge in [0.25, 0.3) is 5.88 Å². The van der Waals surface area contributed by atoms with E-state index in [9.17, 15) is 0 Å². The van der Waals surface area contributed by atoms with E-state index < -0.39 is 0 Å². The van der Waals surface area contributed by atoms with Crippen molar-refractivity contribution < 1.29 is 14.2 Å². The first kappa shape index (κ1) is 24.4. The zero-order chi connectivity index (χ0) is 23.2. The molecule has 0 bridgehead atoms. The molecular weight excluding hydrogens is 488 g/mol. The van der Waals surface area contributed by atoms with Gasteiger partial charge in [-0.15, -0.1) is 5.10 Å². The predicted octanol–water partition coefficient (Wildman–Crippen LogP) is 4.19. The van der Waals surface area contributed by atoms with Crippen molar-refractivity contribution in [2.75, 3.05) is 38.7 Å². The van der Waals surface area contributed by atoms with Gasteiger partial charge >= 0.3 is 0 Å². The van der Waals surface area contributed by atoms with Crippen LogP contribution in [0.1, 0.15) is 52.0 Å². The Labute approximate surface area is 204 Å². The third-order valence-corrected chi connectivity index (χ3v) is 6.71. The Morgan fingerprint density at radius 1 is 1.06 bits per heavy atom. The van der Waals surface area contributed by atoms with E-state index in [4.69, 9.17) is 19.3 Å². The van der Waals surface area contributed by atoms with Crippen molar-refractivity contribution in [2.45, 2.75) is 70.2 Å². The first-order chi connectivity index (χ1) is 16.0. The first-order valence-corrected chi connectivity index (χ1v) is 12.7. The number of morpholine rings is 1. The average molecular weight is 523 g/mol. The lowest BCUT2D eigenvalue weighted by Gasteiger charge is -2.42. The van der Waals surface area contributed by atoms with Gasteiger partial charge in [0.05, 0.1) is 35.5 Å². The van der Waals surface area contributed by atoms with E-state index in [-0.39, 0.29) is 0 Å². The number of nitrogens with zero attached hydrogens (tertiary/aromatic N) is 5. The van der Waals surface area contributed by atoms with Gasteiger partial charge in [0, 0.05) is 51.7 Å². The minimum atomic E-state index is 0.310. The van der Waals surface area contributed by atoms with Crippen molar-refractivity contribution in [3.05, 3.63) is 23.1 Å². The second-order valence-corrected chi connectivity index (χ2v) is 9.96. The number of ether oxygens (including phenoxy) is 3. The van der Waals surface area contributed by atoms with E-state index >= 15 is 0 Å². The van der Waals surface area contributed by atoms with E-state index in [1.54, 1.807) is 19.5 Å². The lowest BCUT2D eigenvalue weighted by molar-refractivity contribution is -0.0852. The van der Waals surface area contributed by atoms with Gasteiger partial charge in [-0.3, -0.25) is 9.58 Å². The molecule has 4 rings (SSSR count). The molecule has 9 nitrogen and oxygen atoms in total. The van der Waals surface area contributed by atoms with E-state index in [2.05, 4.69) is 54.6 Å². The number of halogens is 1. The molecule has 2 aromatic heterocycles. The molecule has 0 radical (unpaired) electrons. The number of methoxy groups -OCH3 is 1. The van der Waals surface area contributed by atoms with E-state index in [1.165, 1.54) is 12.8 Å². The first-order valence-electron chi connectivity index (χ1n) is 11.9. The van der Waals surface area contributed by atoms with Gasteiger partial charge in [-0.05, 0) is 55.5 Å². The van der Waals surface area contributed by atoms with Gasteiger partial charge in [0.1, 0.15) is 5.69 Å². The number of hydrogen-bond donors (Lipinski definition) is 1. The summed E-state index contributed by atoms with van der Waals surface area (Å²) >= 11 is 3.37. The van der Waals surface area contributed by atoms with Crippen LogP contribution in [0.3, 0.4) is 0 Å². The topological polar surface area (TPSA) is 86.6 Å². The van der Waals surface area contributed by atoms with Crippen LogP contribution in [0.15, 0.2) is 23.1 Å². The molecule has 3 heterocycles. The lowest BCUT2D eigenvalue weighted by Crippen LogP contribution is -2.51. The summed E-state index contributed by atoms with van der Waals surface area (Å²) in [5, 5.41) is 8.07.